The highest BCUT2D eigenvalue weighted by atomic mass is 35.5. The third kappa shape index (κ3) is 4.80. The molecule has 1 aromatic carbocycles. The maximum Gasteiger partial charge on any atom is 0.303 e. The number of rotatable bonds is 9. The molecule has 0 atom stereocenters. The first-order valence-electron chi connectivity index (χ1n) is 7.27. The van der Waals surface area contributed by atoms with E-state index in [2.05, 4.69) is 31.3 Å². The van der Waals surface area contributed by atoms with E-state index in [0.717, 1.165) is 30.8 Å². The second-order valence-electron chi connectivity index (χ2n) is 5.07. The Labute approximate surface area is 126 Å². The molecule has 112 valence electrons. The number of aliphatic carboxylic acids is 1. The molecule has 1 rings (SSSR count). The summed E-state index contributed by atoms with van der Waals surface area (Å²) in [7, 11) is 0. The lowest BCUT2D eigenvalue weighted by Crippen LogP contribution is -2.41. The molecule has 0 heterocycles. The topological polar surface area (TPSA) is 49.3 Å². The number of hydrogen-bond donors (Lipinski definition) is 2. The third-order valence-corrected chi connectivity index (χ3v) is 4.14. The predicted molar refractivity (Wildman–Crippen MR) is 83.2 cm³/mol. The van der Waals surface area contributed by atoms with Crippen molar-refractivity contribution in [1.82, 2.24) is 5.32 Å². The Morgan fingerprint density at radius 3 is 2.30 bits per heavy atom. The lowest BCUT2D eigenvalue weighted by molar-refractivity contribution is -0.137. The second-order valence-corrected chi connectivity index (χ2v) is 5.51. The molecule has 1 aromatic rings. The van der Waals surface area contributed by atoms with Gasteiger partial charge >= 0.3 is 5.97 Å². The third-order valence-electron chi connectivity index (χ3n) is 3.88. The molecule has 0 aromatic heterocycles. The van der Waals surface area contributed by atoms with Crippen LogP contribution in [-0.2, 0) is 10.3 Å². The van der Waals surface area contributed by atoms with E-state index in [-0.39, 0.29) is 12.0 Å². The number of nitrogens with one attached hydrogen (secondary N) is 1. The fourth-order valence-electron chi connectivity index (χ4n) is 2.51. The van der Waals surface area contributed by atoms with Gasteiger partial charge in [0, 0.05) is 17.0 Å². The molecular formula is C16H24ClNO2. The highest BCUT2D eigenvalue weighted by Crippen LogP contribution is 2.29. The van der Waals surface area contributed by atoms with Gasteiger partial charge in [-0.25, -0.2) is 0 Å². The Kier molecular flexibility index (Phi) is 7.03. The Bertz CT molecular complexity index is 413. The SMILES string of the molecule is CCC(CC)(NCCCCC(=O)O)c1ccc(Cl)cc1. The molecule has 0 bridgehead atoms. The smallest absolute Gasteiger partial charge is 0.303 e. The first-order valence-corrected chi connectivity index (χ1v) is 7.64. The molecule has 0 spiro atoms. The number of carbonyl (C=O) groups is 1. The van der Waals surface area contributed by atoms with E-state index < -0.39 is 5.97 Å². The van der Waals surface area contributed by atoms with Crippen LogP contribution >= 0.6 is 11.6 Å². The Morgan fingerprint density at radius 2 is 1.80 bits per heavy atom. The van der Waals surface area contributed by atoms with E-state index in [4.69, 9.17) is 16.7 Å². The van der Waals surface area contributed by atoms with Crippen molar-refractivity contribution >= 4 is 17.6 Å². The van der Waals surface area contributed by atoms with Gasteiger partial charge in [-0.15, -0.1) is 0 Å². The molecule has 0 aliphatic heterocycles. The van der Waals surface area contributed by atoms with Gasteiger partial charge < -0.3 is 10.4 Å². The van der Waals surface area contributed by atoms with Crippen LogP contribution in [0.15, 0.2) is 24.3 Å². The Hall–Kier alpha value is -1.06. The maximum atomic E-state index is 10.5. The number of halogens is 1. The van der Waals surface area contributed by atoms with Crippen molar-refractivity contribution in [2.75, 3.05) is 6.54 Å². The monoisotopic (exact) mass is 297 g/mol. The van der Waals surface area contributed by atoms with Gasteiger partial charge in [-0.05, 0) is 49.9 Å². The average Bonchev–Trinajstić information content (AvgIpc) is 2.44. The van der Waals surface area contributed by atoms with Gasteiger partial charge in [-0.3, -0.25) is 4.79 Å². The molecular weight excluding hydrogens is 274 g/mol. The minimum absolute atomic E-state index is 0.0478. The van der Waals surface area contributed by atoms with Crippen LogP contribution in [0, 0.1) is 0 Å². The largest absolute Gasteiger partial charge is 0.481 e. The molecule has 20 heavy (non-hydrogen) atoms. The van der Waals surface area contributed by atoms with Crippen molar-refractivity contribution in [2.45, 2.75) is 51.5 Å². The molecule has 3 nitrogen and oxygen atoms in total. The normalized spacial score (nSPS) is 11.6. The van der Waals surface area contributed by atoms with Gasteiger partial charge in [0.15, 0.2) is 0 Å². The molecule has 0 amide bonds. The summed E-state index contributed by atoms with van der Waals surface area (Å²) >= 11 is 5.95. The van der Waals surface area contributed by atoms with E-state index in [9.17, 15) is 4.79 Å². The summed E-state index contributed by atoms with van der Waals surface area (Å²) in [5.41, 5.74) is 1.19. The minimum Gasteiger partial charge on any atom is -0.481 e. The highest BCUT2D eigenvalue weighted by Gasteiger charge is 2.27. The zero-order valence-corrected chi connectivity index (χ0v) is 13.0. The molecule has 0 saturated carbocycles. The van der Waals surface area contributed by atoms with E-state index in [1.165, 1.54) is 5.56 Å². The molecule has 4 heteroatoms. The zero-order valence-electron chi connectivity index (χ0n) is 12.3. The molecule has 0 fully saturated rings. The van der Waals surface area contributed by atoms with Crippen LogP contribution in [0.25, 0.3) is 0 Å². The van der Waals surface area contributed by atoms with Crippen LogP contribution in [-0.4, -0.2) is 17.6 Å². The van der Waals surface area contributed by atoms with Crippen LogP contribution in [0.1, 0.15) is 51.5 Å². The van der Waals surface area contributed by atoms with E-state index in [0.29, 0.717) is 6.42 Å². The quantitative estimate of drug-likeness (QED) is 0.672. The van der Waals surface area contributed by atoms with Gasteiger partial charge in [-0.1, -0.05) is 37.6 Å². The Balaban J connectivity index is 2.62. The Morgan fingerprint density at radius 1 is 1.20 bits per heavy atom. The van der Waals surface area contributed by atoms with E-state index >= 15 is 0 Å². The van der Waals surface area contributed by atoms with E-state index in [1.54, 1.807) is 0 Å². The average molecular weight is 298 g/mol. The number of hydrogen-bond acceptors (Lipinski definition) is 2. The summed E-state index contributed by atoms with van der Waals surface area (Å²) in [6.45, 7) is 5.17. The molecule has 0 aliphatic carbocycles. The molecule has 0 saturated heterocycles. The lowest BCUT2D eigenvalue weighted by Gasteiger charge is -2.34. The second kappa shape index (κ2) is 8.28. The van der Waals surface area contributed by atoms with Crippen molar-refractivity contribution in [1.29, 1.82) is 0 Å². The van der Waals surface area contributed by atoms with Gasteiger partial charge in [-0.2, -0.15) is 0 Å². The summed E-state index contributed by atoms with van der Waals surface area (Å²) < 4.78 is 0. The van der Waals surface area contributed by atoms with Crippen LogP contribution in [0.4, 0.5) is 0 Å². The summed E-state index contributed by atoms with van der Waals surface area (Å²) in [5, 5.41) is 13.0. The first kappa shape index (κ1) is 17.0. The number of unbranched alkanes of at least 4 members (excludes halogenated alkanes) is 1. The van der Waals surface area contributed by atoms with Gasteiger partial charge in [0.1, 0.15) is 0 Å². The zero-order chi connectivity index (χ0) is 15.0. The van der Waals surface area contributed by atoms with Crippen molar-refractivity contribution < 1.29 is 9.90 Å². The van der Waals surface area contributed by atoms with Crippen LogP contribution in [0.2, 0.25) is 5.02 Å². The maximum absolute atomic E-state index is 10.5. The predicted octanol–water partition coefficient (Wildman–Crippen LogP) is 4.20. The van der Waals surface area contributed by atoms with Gasteiger partial charge in [0.25, 0.3) is 0 Å². The van der Waals surface area contributed by atoms with Crippen molar-refractivity contribution in [2.24, 2.45) is 0 Å². The van der Waals surface area contributed by atoms with Crippen molar-refractivity contribution in [3.05, 3.63) is 34.9 Å². The summed E-state index contributed by atoms with van der Waals surface area (Å²) in [6, 6.07) is 7.98. The molecule has 0 radical (unpaired) electrons. The van der Waals surface area contributed by atoms with Crippen LogP contribution < -0.4 is 5.32 Å². The van der Waals surface area contributed by atoms with Crippen molar-refractivity contribution in [3.63, 3.8) is 0 Å². The number of carboxylic acid groups (broad SMARTS) is 1. The fraction of sp³-hybridized carbons (Fsp3) is 0.562. The van der Waals surface area contributed by atoms with Gasteiger partial charge in [0.05, 0.1) is 0 Å². The minimum atomic E-state index is -0.722. The number of carboxylic acids is 1. The summed E-state index contributed by atoms with van der Waals surface area (Å²) in [4.78, 5) is 10.5. The summed E-state index contributed by atoms with van der Waals surface area (Å²) in [5.74, 6) is -0.722. The molecule has 0 unspecified atom stereocenters. The van der Waals surface area contributed by atoms with Crippen molar-refractivity contribution in [3.8, 4) is 0 Å². The number of benzene rings is 1. The standard InChI is InChI=1S/C16H24ClNO2/c1-3-16(4-2,13-8-10-14(17)11-9-13)18-12-6-5-7-15(19)20/h8-11,18H,3-7,12H2,1-2H3,(H,19,20). The molecule has 0 aliphatic rings. The van der Waals surface area contributed by atoms with E-state index in [1.807, 2.05) is 12.1 Å². The van der Waals surface area contributed by atoms with Crippen LogP contribution in [0.3, 0.4) is 0 Å². The van der Waals surface area contributed by atoms with Gasteiger partial charge in [0.2, 0.25) is 0 Å². The highest BCUT2D eigenvalue weighted by molar-refractivity contribution is 6.30. The fourth-order valence-corrected chi connectivity index (χ4v) is 2.63. The lowest BCUT2D eigenvalue weighted by atomic mass is 9.84. The molecule has 2 N–H and O–H groups in total. The first-order chi connectivity index (χ1) is 9.54. The van der Waals surface area contributed by atoms with Crippen LogP contribution in [0.5, 0.6) is 0 Å². The summed E-state index contributed by atoms with van der Waals surface area (Å²) in [6.07, 6.45) is 3.82.